The van der Waals surface area contributed by atoms with E-state index in [1.54, 1.807) is 39.0 Å². The number of thioether (sulfide) groups is 2. The number of para-hydroxylation sites is 3. The Morgan fingerprint density at radius 3 is 2.29 bits per heavy atom. The lowest BCUT2D eigenvalue weighted by atomic mass is 10.2. The molecule has 0 amide bonds. The molecule has 2 aliphatic rings. The van der Waals surface area contributed by atoms with Gasteiger partial charge >= 0.3 is 11.9 Å². The lowest BCUT2D eigenvalue weighted by Gasteiger charge is -2.40. The van der Waals surface area contributed by atoms with Crippen molar-refractivity contribution < 1.29 is 24.0 Å². The maximum absolute atomic E-state index is 12.9. The summed E-state index contributed by atoms with van der Waals surface area (Å²) in [6.45, 7) is 5.47. The van der Waals surface area contributed by atoms with Gasteiger partial charge in [-0.15, -0.1) is 0 Å². The molecule has 35 heavy (non-hydrogen) atoms. The minimum atomic E-state index is -1.30. The predicted octanol–water partition coefficient (Wildman–Crippen LogP) is 4.68. The fourth-order valence-corrected chi connectivity index (χ4v) is 6.65. The van der Waals surface area contributed by atoms with Crippen LogP contribution < -0.4 is 9.91 Å². The van der Waals surface area contributed by atoms with Gasteiger partial charge in [-0.25, -0.2) is 14.6 Å². The second-order valence-corrected chi connectivity index (χ2v) is 9.84. The van der Waals surface area contributed by atoms with Crippen LogP contribution in [0.5, 0.6) is 0 Å². The van der Waals surface area contributed by atoms with E-state index in [0.717, 1.165) is 23.5 Å². The average molecular weight is 515 g/mol. The Labute approximate surface area is 210 Å². The molecule has 0 saturated heterocycles. The lowest BCUT2D eigenvalue weighted by Crippen LogP contribution is -2.49. The average Bonchev–Trinajstić information content (AvgIpc) is 3.37. The molecule has 0 bridgehead atoms. The number of rotatable bonds is 7. The molecule has 0 unspecified atom stereocenters. The minimum Gasteiger partial charge on any atom is -0.462 e. The van der Waals surface area contributed by atoms with E-state index in [0.29, 0.717) is 16.3 Å². The summed E-state index contributed by atoms with van der Waals surface area (Å²) in [5.41, 5.74) is 1.23. The molecule has 12 heteroatoms. The monoisotopic (exact) mass is 514 g/mol. The topological polar surface area (TPSA) is 115 Å². The number of nitrogens with zero attached hydrogens (tertiary/aromatic N) is 4. The smallest absolute Gasteiger partial charge is 0.365 e. The summed E-state index contributed by atoms with van der Waals surface area (Å²) in [4.78, 5) is 39.2. The van der Waals surface area contributed by atoms with E-state index in [4.69, 9.17) is 9.47 Å². The van der Waals surface area contributed by atoms with E-state index in [1.807, 2.05) is 35.2 Å². The molecule has 2 aliphatic heterocycles. The summed E-state index contributed by atoms with van der Waals surface area (Å²) in [6.07, 6.45) is 0. The van der Waals surface area contributed by atoms with Crippen LogP contribution in [0.15, 0.2) is 70.3 Å². The number of allylic oxidation sites excluding steroid dienone is 1. The summed E-state index contributed by atoms with van der Waals surface area (Å²) in [7, 11) is 0. The number of nitro benzene ring substituents is 1. The molecule has 0 aliphatic carbocycles. The molecule has 10 nitrogen and oxygen atoms in total. The first-order valence-corrected chi connectivity index (χ1v) is 12.4. The third kappa shape index (κ3) is 4.34. The molecule has 1 spiro atoms. The van der Waals surface area contributed by atoms with Crippen LogP contribution in [-0.4, -0.2) is 39.4 Å². The van der Waals surface area contributed by atoms with Crippen molar-refractivity contribution in [2.45, 2.75) is 25.1 Å². The molecular weight excluding hydrogens is 492 g/mol. The van der Waals surface area contributed by atoms with E-state index in [1.165, 1.54) is 11.1 Å². The third-order valence-electron chi connectivity index (χ3n) is 5.10. The number of nitro groups is 1. The van der Waals surface area contributed by atoms with Gasteiger partial charge in [0.15, 0.2) is 0 Å². The molecule has 2 aromatic rings. The Hall–Kier alpha value is -3.51. The number of anilines is 2. The molecule has 2 heterocycles. The second-order valence-electron chi connectivity index (χ2n) is 7.24. The first kappa shape index (κ1) is 24.6. The van der Waals surface area contributed by atoms with Gasteiger partial charge in [-0.1, -0.05) is 42.1 Å². The lowest BCUT2D eigenvalue weighted by molar-refractivity contribution is -0.384. The van der Waals surface area contributed by atoms with Crippen molar-refractivity contribution >= 4 is 57.6 Å². The van der Waals surface area contributed by atoms with Crippen molar-refractivity contribution in [1.29, 1.82) is 0 Å². The summed E-state index contributed by atoms with van der Waals surface area (Å²) >= 11 is 2.17. The molecule has 0 fully saturated rings. The van der Waals surface area contributed by atoms with Crippen LogP contribution >= 0.6 is 23.5 Å². The van der Waals surface area contributed by atoms with Crippen molar-refractivity contribution in [3.05, 3.63) is 75.3 Å². The van der Waals surface area contributed by atoms with Crippen molar-refractivity contribution in [3.63, 3.8) is 0 Å². The molecular formula is C23H22N4O6S2. The maximum Gasteiger partial charge on any atom is 0.365 e. The molecule has 182 valence electrons. The fourth-order valence-electron chi connectivity index (χ4n) is 3.71. The normalized spacial score (nSPS) is 19.2. The molecule has 0 aromatic heterocycles. The standard InChI is InChI=1S/C23H22N4O6S2/c1-4-32-21(28)19-15(3)25(16-11-7-6-8-12-16)23(34-19)26(24-20(35-23)22(29)33-5-2)17-13-9-10-14-18(17)27(30)31/h6-14H,4-5H2,1-3H3/t23-/m0/s1. The van der Waals surface area contributed by atoms with Crippen molar-refractivity contribution in [3.8, 4) is 0 Å². The van der Waals surface area contributed by atoms with E-state index < -0.39 is 21.2 Å². The molecule has 1 atom stereocenters. The molecule has 2 aromatic carbocycles. The Kier molecular flexibility index (Phi) is 7.03. The highest BCUT2D eigenvalue weighted by molar-refractivity contribution is 8.29. The Morgan fingerprint density at radius 1 is 1.00 bits per heavy atom. The van der Waals surface area contributed by atoms with Gasteiger partial charge in [0.2, 0.25) is 9.37 Å². The van der Waals surface area contributed by atoms with Gasteiger partial charge < -0.3 is 14.4 Å². The summed E-state index contributed by atoms with van der Waals surface area (Å²) in [6, 6.07) is 15.4. The summed E-state index contributed by atoms with van der Waals surface area (Å²) in [5, 5.41) is 17.8. The number of esters is 2. The number of hydrazone groups is 1. The molecule has 0 radical (unpaired) electrons. The van der Waals surface area contributed by atoms with E-state index in [2.05, 4.69) is 5.10 Å². The maximum atomic E-state index is 12.9. The number of hydrogen-bond donors (Lipinski definition) is 0. The van der Waals surface area contributed by atoms with Crippen LogP contribution in [0.3, 0.4) is 0 Å². The van der Waals surface area contributed by atoms with Crippen LogP contribution in [0.2, 0.25) is 0 Å². The predicted molar refractivity (Wildman–Crippen MR) is 136 cm³/mol. The van der Waals surface area contributed by atoms with Gasteiger partial charge in [0, 0.05) is 17.5 Å². The number of carbonyl (C=O) groups excluding carboxylic acids is 2. The number of hydrogen-bond acceptors (Lipinski definition) is 11. The number of ether oxygens (including phenoxy) is 2. The van der Waals surface area contributed by atoms with Crippen LogP contribution in [0.4, 0.5) is 17.1 Å². The Balaban J connectivity index is 1.94. The van der Waals surface area contributed by atoms with E-state index in [9.17, 15) is 19.7 Å². The first-order chi connectivity index (χ1) is 16.8. The van der Waals surface area contributed by atoms with Crippen LogP contribution in [0.25, 0.3) is 0 Å². The van der Waals surface area contributed by atoms with E-state index in [-0.39, 0.29) is 29.6 Å². The zero-order valence-electron chi connectivity index (χ0n) is 19.2. The van der Waals surface area contributed by atoms with Gasteiger partial charge in [0.25, 0.3) is 5.69 Å². The van der Waals surface area contributed by atoms with Gasteiger partial charge in [-0.3, -0.25) is 10.1 Å². The van der Waals surface area contributed by atoms with Crippen LogP contribution in [0.1, 0.15) is 20.8 Å². The zero-order chi connectivity index (χ0) is 25.2. The highest BCUT2D eigenvalue weighted by Gasteiger charge is 2.59. The van der Waals surface area contributed by atoms with Gasteiger partial charge in [-0.05, 0) is 50.7 Å². The van der Waals surface area contributed by atoms with E-state index >= 15 is 0 Å². The minimum absolute atomic E-state index is 0.0105. The Morgan fingerprint density at radius 2 is 1.63 bits per heavy atom. The SMILES string of the molecule is CCOC(=O)C1=NN(c2ccccc2[N+](=O)[O-])[C@]2(S1)SC(C(=O)OCC)=C(C)N2c1ccccc1. The Bertz CT molecular complexity index is 1240. The number of carbonyl (C=O) groups is 2. The van der Waals surface area contributed by atoms with Crippen molar-refractivity contribution in [1.82, 2.24) is 0 Å². The zero-order valence-corrected chi connectivity index (χ0v) is 20.8. The quantitative estimate of drug-likeness (QED) is 0.293. The highest BCUT2D eigenvalue weighted by Crippen LogP contribution is 2.61. The first-order valence-electron chi connectivity index (χ1n) is 10.7. The molecule has 0 saturated carbocycles. The summed E-state index contributed by atoms with van der Waals surface area (Å²) < 4.78 is 9.17. The highest BCUT2D eigenvalue weighted by atomic mass is 32.2. The number of benzene rings is 2. The van der Waals surface area contributed by atoms with Crippen LogP contribution in [0, 0.1) is 10.1 Å². The van der Waals surface area contributed by atoms with Crippen molar-refractivity contribution in [2.75, 3.05) is 23.1 Å². The van der Waals surface area contributed by atoms with Gasteiger partial charge in [-0.2, -0.15) is 5.10 Å². The second kappa shape index (κ2) is 10.0. The van der Waals surface area contributed by atoms with Gasteiger partial charge in [0.1, 0.15) is 10.6 Å². The van der Waals surface area contributed by atoms with Crippen LogP contribution in [-0.2, 0) is 19.1 Å². The van der Waals surface area contributed by atoms with Gasteiger partial charge in [0.05, 0.1) is 18.1 Å². The molecule has 0 N–H and O–H groups in total. The molecule has 4 rings (SSSR count). The summed E-state index contributed by atoms with van der Waals surface area (Å²) in [5.74, 6) is -1.19. The van der Waals surface area contributed by atoms with Crippen molar-refractivity contribution in [2.24, 2.45) is 5.10 Å². The third-order valence-corrected chi connectivity index (χ3v) is 7.95. The fraction of sp³-hybridized carbons (Fsp3) is 0.261. The largest absolute Gasteiger partial charge is 0.462 e.